The van der Waals surface area contributed by atoms with E-state index < -0.39 is 5.97 Å². The number of methoxy groups -OCH3 is 2. The van der Waals surface area contributed by atoms with Crippen molar-refractivity contribution in [2.24, 2.45) is 0 Å². The maximum Gasteiger partial charge on any atom is 0.348 e. The van der Waals surface area contributed by atoms with E-state index in [4.69, 9.17) is 19.5 Å². The molecule has 1 aliphatic heterocycles. The van der Waals surface area contributed by atoms with Crippen LogP contribution < -0.4 is 14.8 Å². The smallest absolute Gasteiger partial charge is 0.348 e. The Labute approximate surface area is 141 Å². The van der Waals surface area contributed by atoms with E-state index in [0.29, 0.717) is 11.5 Å². The number of nitriles is 1. The third kappa shape index (κ3) is 3.69. The number of allylic oxidation sites excluding steroid dienone is 2. The summed E-state index contributed by atoms with van der Waals surface area (Å²) in [6, 6.07) is 5.69. The summed E-state index contributed by atoms with van der Waals surface area (Å²) in [7, 11) is 3.18. The molecule has 6 heteroatoms. The van der Waals surface area contributed by atoms with E-state index in [-0.39, 0.29) is 12.2 Å². The maximum atomic E-state index is 11.7. The third-order valence-electron chi connectivity index (χ3n) is 3.64. The van der Waals surface area contributed by atoms with Crippen LogP contribution >= 0.6 is 0 Å². The van der Waals surface area contributed by atoms with Gasteiger partial charge in [-0.3, -0.25) is 0 Å². The number of carbonyl (C=O) groups excluding carboxylic acids is 1. The number of ether oxygens (including phenoxy) is 3. The predicted octanol–water partition coefficient (Wildman–Crippen LogP) is 2.20. The van der Waals surface area contributed by atoms with Crippen molar-refractivity contribution in [1.29, 1.82) is 5.26 Å². The Morgan fingerprint density at radius 1 is 1.33 bits per heavy atom. The average Bonchev–Trinajstić information content (AvgIpc) is 2.61. The number of esters is 1. The zero-order valence-corrected chi connectivity index (χ0v) is 14.0. The Kier molecular flexibility index (Phi) is 5.85. The Bertz CT molecular complexity index is 729. The van der Waals surface area contributed by atoms with Crippen LogP contribution in [0.25, 0.3) is 5.70 Å². The Balaban J connectivity index is 2.41. The van der Waals surface area contributed by atoms with Gasteiger partial charge in [0.25, 0.3) is 0 Å². The molecule has 1 aromatic rings. The van der Waals surface area contributed by atoms with Crippen LogP contribution in [-0.2, 0) is 16.0 Å². The number of hydrogen-bond acceptors (Lipinski definition) is 6. The molecule has 0 radical (unpaired) electrons. The third-order valence-corrected chi connectivity index (χ3v) is 3.64. The highest BCUT2D eigenvalue weighted by Gasteiger charge is 2.18. The highest BCUT2D eigenvalue weighted by molar-refractivity contribution is 5.93. The Hall–Kier alpha value is -2.94. The first-order valence-electron chi connectivity index (χ1n) is 7.62. The lowest BCUT2D eigenvalue weighted by Crippen LogP contribution is -2.22. The summed E-state index contributed by atoms with van der Waals surface area (Å²) in [4.78, 5) is 11.7. The van der Waals surface area contributed by atoms with Gasteiger partial charge in [0.15, 0.2) is 11.5 Å². The molecule has 0 spiro atoms. The first kappa shape index (κ1) is 17.4. The van der Waals surface area contributed by atoms with E-state index in [1.165, 1.54) is 6.08 Å². The summed E-state index contributed by atoms with van der Waals surface area (Å²) in [6.07, 6.45) is 4.02. The highest BCUT2D eigenvalue weighted by atomic mass is 16.5. The SMILES string of the molecule is CCOC(=O)C(C#N)=C/C=C1\NCCc2cc(OC)c(OC)cc21. The van der Waals surface area contributed by atoms with Crippen molar-refractivity contribution in [2.45, 2.75) is 13.3 Å². The van der Waals surface area contributed by atoms with Crippen LogP contribution in [0.5, 0.6) is 11.5 Å². The van der Waals surface area contributed by atoms with Gasteiger partial charge in [-0.2, -0.15) is 5.26 Å². The monoisotopic (exact) mass is 328 g/mol. The van der Waals surface area contributed by atoms with E-state index >= 15 is 0 Å². The molecule has 1 aromatic carbocycles. The molecule has 0 amide bonds. The quantitative estimate of drug-likeness (QED) is 0.507. The van der Waals surface area contributed by atoms with Gasteiger partial charge >= 0.3 is 5.97 Å². The summed E-state index contributed by atoms with van der Waals surface area (Å²) in [5, 5.41) is 12.4. The summed E-state index contributed by atoms with van der Waals surface area (Å²) in [5.41, 5.74) is 2.84. The fourth-order valence-electron chi connectivity index (χ4n) is 2.48. The van der Waals surface area contributed by atoms with Crippen molar-refractivity contribution in [2.75, 3.05) is 27.4 Å². The average molecular weight is 328 g/mol. The van der Waals surface area contributed by atoms with E-state index in [1.807, 2.05) is 18.2 Å². The highest BCUT2D eigenvalue weighted by Crippen LogP contribution is 2.34. The maximum absolute atomic E-state index is 11.7. The molecule has 2 rings (SSSR count). The molecular weight excluding hydrogens is 308 g/mol. The number of carbonyl (C=O) groups is 1. The van der Waals surface area contributed by atoms with Crippen LogP contribution in [0.2, 0.25) is 0 Å². The van der Waals surface area contributed by atoms with Crippen LogP contribution in [0.4, 0.5) is 0 Å². The van der Waals surface area contributed by atoms with Gasteiger partial charge in [-0.15, -0.1) is 0 Å². The number of rotatable bonds is 5. The van der Waals surface area contributed by atoms with Crippen molar-refractivity contribution >= 4 is 11.7 Å². The zero-order valence-electron chi connectivity index (χ0n) is 14.0. The number of nitrogens with one attached hydrogen (secondary N) is 1. The molecule has 1 aliphatic rings. The summed E-state index contributed by atoms with van der Waals surface area (Å²) in [6.45, 7) is 2.68. The van der Waals surface area contributed by atoms with Crippen LogP contribution in [0.3, 0.4) is 0 Å². The fourth-order valence-corrected chi connectivity index (χ4v) is 2.48. The van der Waals surface area contributed by atoms with Crippen LogP contribution in [0.15, 0.2) is 29.9 Å². The number of nitrogens with zero attached hydrogens (tertiary/aromatic N) is 1. The minimum absolute atomic E-state index is 0.0428. The molecule has 0 aliphatic carbocycles. The predicted molar refractivity (Wildman–Crippen MR) is 89.6 cm³/mol. The van der Waals surface area contributed by atoms with Gasteiger partial charge in [0, 0.05) is 17.8 Å². The Morgan fingerprint density at radius 3 is 2.67 bits per heavy atom. The second kappa shape index (κ2) is 8.06. The molecule has 1 heterocycles. The molecule has 0 saturated heterocycles. The minimum Gasteiger partial charge on any atom is -0.493 e. The summed E-state index contributed by atoms with van der Waals surface area (Å²) >= 11 is 0. The van der Waals surface area contributed by atoms with E-state index in [9.17, 15) is 4.79 Å². The lowest BCUT2D eigenvalue weighted by molar-refractivity contribution is -0.138. The van der Waals surface area contributed by atoms with Gasteiger partial charge in [0.2, 0.25) is 0 Å². The second-order valence-corrected chi connectivity index (χ2v) is 5.03. The lowest BCUT2D eigenvalue weighted by atomic mass is 9.96. The zero-order chi connectivity index (χ0) is 17.5. The largest absolute Gasteiger partial charge is 0.493 e. The molecule has 126 valence electrons. The first-order chi connectivity index (χ1) is 11.6. The number of fused-ring (bicyclic) bond motifs is 1. The standard InChI is InChI=1S/C18H20N2O4/c1-4-24-18(21)13(11-19)5-6-15-14-10-17(23-3)16(22-2)9-12(14)7-8-20-15/h5-6,9-10,20H,4,7-8H2,1-3H3/b13-5?,15-6-. The number of benzene rings is 1. The number of hydrogen-bond donors (Lipinski definition) is 1. The van der Waals surface area contributed by atoms with E-state index in [0.717, 1.165) is 29.8 Å². The van der Waals surface area contributed by atoms with Crippen LogP contribution in [0.1, 0.15) is 18.1 Å². The van der Waals surface area contributed by atoms with Crippen molar-refractivity contribution in [1.82, 2.24) is 5.32 Å². The summed E-state index contributed by atoms with van der Waals surface area (Å²) in [5.74, 6) is 0.679. The van der Waals surface area contributed by atoms with Gasteiger partial charge in [-0.05, 0) is 43.2 Å². The first-order valence-corrected chi connectivity index (χ1v) is 7.62. The normalized spacial score (nSPS) is 15.1. The van der Waals surface area contributed by atoms with E-state index in [2.05, 4.69) is 5.32 Å². The van der Waals surface area contributed by atoms with Crippen molar-refractivity contribution < 1.29 is 19.0 Å². The van der Waals surface area contributed by atoms with Gasteiger partial charge in [-0.1, -0.05) is 0 Å². The van der Waals surface area contributed by atoms with Crippen LogP contribution in [0, 0.1) is 11.3 Å². The second-order valence-electron chi connectivity index (χ2n) is 5.03. The molecule has 0 aromatic heterocycles. The molecule has 0 bridgehead atoms. The van der Waals surface area contributed by atoms with Crippen LogP contribution in [-0.4, -0.2) is 33.3 Å². The molecule has 24 heavy (non-hydrogen) atoms. The lowest BCUT2D eigenvalue weighted by Gasteiger charge is -2.22. The molecule has 1 N–H and O–H groups in total. The molecule has 0 fully saturated rings. The van der Waals surface area contributed by atoms with Crippen molar-refractivity contribution in [3.63, 3.8) is 0 Å². The molecule has 0 unspecified atom stereocenters. The Morgan fingerprint density at radius 2 is 2.04 bits per heavy atom. The van der Waals surface area contributed by atoms with Gasteiger partial charge in [0.05, 0.1) is 20.8 Å². The van der Waals surface area contributed by atoms with Crippen molar-refractivity contribution in [3.05, 3.63) is 41.0 Å². The fraction of sp³-hybridized carbons (Fsp3) is 0.333. The topological polar surface area (TPSA) is 80.6 Å². The van der Waals surface area contributed by atoms with Gasteiger partial charge in [-0.25, -0.2) is 4.79 Å². The molecular formula is C18H20N2O4. The van der Waals surface area contributed by atoms with Gasteiger partial charge < -0.3 is 19.5 Å². The molecule has 0 saturated carbocycles. The van der Waals surface area contributed by atoms with E-state index in [1.54, 1.807) is 27.2 Å². The minimum atomic E-state index is -0.625. The molecule has 6 nitrogen and oxygen atoms in total. The van der Waals surface area contributed by atoms with Gasteiger partial charge in [0.1, 0.15) is 11.6 Å². The van der Waals surface area contributed by atoms with Crippen molar-refractivity contribution in [3.8, 4) is 17.6 Å². The summed E-state index contributed by atoms with van der Waals surface area (Å²) < 4.78 is 15.5. The molecule has 0 atom stereocenters.